The Kier molecular flexibility index (Phi) is 8.28. The molecule has 9 heteroatoms. The van der Waals surface area contributed by atoms with Gasteiger partial charge < -0.3 is 9.47 Å². The monoisotopic (exact) mass is 427 g/mol. The summed E-state index contributed by atoms with van der Waals surface area (Å²) in [6.07, 6.45) is 0. The maximum absolute atomic E-state index is 14.0. The van der Waals surface area contributed by atoms with Crippen molar-refractivity contribution in [3.63, 3.8) is 0 Å². The maximum Gasteiger partial charge on any atom is 0.344 e. The number of carbonyl (C=O) groups excluding carboxylic acids is 1. The van der Waals surface area contributed by atoms with Crippen LogP contribution in [0.2, 0.25) is 0 Å². The third-order valence-corrected chi connectivity index (χ3v) is 6.02. The molecule has 152 valence electrons. The van der Waals surface area contributed by atoms with Crippen LogP contribution in [0.15, 0.2) is 52.3 Å². The minimum atomic E-state index is -3.57. The number of esters is 1. The van der Waals surface area contributed by atoms with Gasteiger partial charge in [-0.15, -0.1) is 11.8 Å². The Labute approximate surface area is 168 Å². The zero-order valence-corrected chi connectivity index (χ0v) is 17.2. The van der Waals surface area contributed by atoms with Crippen molar-refractivity contribution in [2.75, 3.05) is 25.5 Å². The smallest absolute Gasteiger partial charge is 0.344 e. The van der Waals surface area contributed by atoms with E-state index in [1.165, 1.54) is 23.9 Å². The quantitative estimate of drug-likeness (QED) is 0.356. The number of hydrogen-bond donors (Lipinski definition) is 1. The second kappa shape index (κ2) is 10.4. The second-order valence-electron chi connectivity index (χ2n) is 5.75. The molecule has 0 heterocycles. The minimum absolute atomic E-state index is 0.0440. The van der Waals surface area contributed by atoms with Gasteiger partial charge in [-0.25, -0.2) is 22.3 Å². The summed E-state index contributed by atoms with van der Waals surface area (Å²) in [7, 11) is -3.57. The number of aryl methyl sites for hydroxylation is 1. The lowest BCUT2D eigenvalue weighted by molar-refractivity contribution is -0.145. The molecule has 0 aliphatic rings. The van der Waals surface area contributed by atoms with Gasteiger partial charge in [0.2, 0.25) is 10.0 Å². The summed E-state index contributed by atoms with van der Waals surface area (Å²) in [4.78, 5) is 12.1. The summed E-state index contributed by atoms with van der Waals surface area (Å²) in [6.45, 7) is 3.62. The molecule has 2 aromatic carbocycles. The Balaban J connectivity index is 1.82. The molecule has 28 heavy (non-hydrogen) atoms. The number of ether oxygens (including phenoxy) is 2. The summed E-state index contributed by atoms with van der Waals surface area (Å²) in [6, 6.07) is 10.9. The number of rotatable bonds is 10. The number of halogens is 1. The molecule has 0 aliphatic carbocycles. The molecule has 0 unspecified atom stereocenters. The van der Waals surface area contributed by atoms with Gasteiger partial charge in [-0.1, -0.05) is 17.7 Å². The highest BCUT2D eigenvalue weighted by atomic mass is 32.2. The first-order valence-electron chi connectivity index (χ1n) is 8.59. The van der Waals surface area contributed by atoms with Gasteiger partial charge in [0.15, 0.2) is 18.2 Å². The summed E-state index contributed by atoms with van der Waals surface area (Å²) in [5.74, 6) is -0.790. The number of thioether (sulfide) groups is 1. The molecule has 0 aliphatic heterocycles. The van der Waals surface area contributed by atoms with Crippen LogP contribution in [0.3, 0.4) is 0 Å². The molecule has 0 aromatic heterocycles. The summed E-state index contributed by atoms with van der Waals surface area (Å²) < 4.78 is 50.7. The highest BCUT2D eigenvalue weighted by molar-refractivity contribution is 7.99. The molecule has 2 aromatic rings. The van der Waals surface area contributed by atoms with E-state index in [1.807, 2.05) is 6.92 Å². The third kappa shape index (κ3) is 6.81. The molecule has 2 rings (SSSR count). The summed E-state index contributed by atoms with van der Waals surface area (Å²) in [5, 5.41) is 0. The first kappa shape index (κ1) is 22.2. The number of nitrogens with one attached hydrogen (secondary N) is 1. The average molecular weight is 428 g/mol. The van der Waals surface area contributed by atoms with Gasteiger partial charge in [-0.2, -0.15) is 0 Å². The van der Waals surface area contributed by atoms with E-state index in [2.05, 4.69) is 4.72 Å². The SMILES string of the molecule is CCOC(=O)COc1ccc(SCCNS(=O)(=O)c2ccc(C)cc2)cc1F. The van der Waals surface area contributed by atoms with Crippen LogP contribution in [0.5, 0.6) is 5.75 Å². The highest BCUT2D eigenvalue weighted by Crippen LogP contribution is 2.25. The Morgan fingerprint density at radius 3 is 2.54 bits per heavy atom. The maximum atomic E-state index is 14.0. The van der Waals surface area contributed by atoms with Crippen LogP contribution in [-0.2, 0) is 19.6 Å². The largest absolute Gasteiger partial charge is 0.479 e. The average Bonchev–Trinajstić information content (AvgIpc) is 2.65. The standard InChI is InChI=1S/C19H22FNO5S2/c1-3-25-19(22)13-26-18-9-6-15(12-17(18)20)27-11-10-21-28(23,24)16-7-4-14(2)5-8-16/h4-9,12,21H,3,10-11,13H2,1-2H3. The van der Waals surface area contributed by atoms with Crippen LogP contribution in [-0.4, -0.2) is 39.9 Å². The first-order valence-corrected chi connectivity index (χ1v) is 11.1. The zero-order chi connectivity index (χ0) is 20.6. The van der Waals surface area contributed by atoms with Crippen molar-refractivity contribution >= 4 is 27.8 Å². The van der Waals surface area contributed by atoms with Gasteiger partial charge in [-0.05, 0) is 44.2 Å². The number of carbonyl (C=O) groups is 1. The minimum Gasteiger partial charge on any atom is -0.479 e. The molecular formula is C19H22FNO5S2. The third-order valence-electron chi connectivity index (χ3n) is 3.55. The molecular weight excluding hydrogens is 405 g/mol. The Morgan fingerprint density at radius 1 is 1.18 bits per heavy atom. The van der Waals surface area contributed by atoms with E-state index in [9.17, 15) is 17.6 Å². The Hall–Kier alpha value is -2.10. The molecule has 1 N–H and O–H groups in total. The van der Waals surface area contributed by atoms with Crippen LogP contribution in [0.1, 0.15) is 12.5 Å². The first-order chi connectivity index (χ1) is 13.3. The van der Waals surface area contributed by atoms with Crippen molar-refractivity contribution in [3.05, 3.63) is 53.8 Å². The van der Waals surface area contributed by atoms with Crippen LogP contribution in [0.25, 0.3) is 0 Å². The molecule has 0 fully saturated rings. The molecule has 0 radical (unpaired) electrons. The Morgan fingerprint density at radius 2 is 1.89 bits per heavy atom. The van der Waals surface area contributed by atoms with Gasteiger partial charge in [-0.3, -0.25) is 0 Å². The fourth-order valence-corrected chi connectivity index (χ4v) is 4.13. The molecule has 0 saturated heterocycles. The van der Waals surface area contributed by atoms with Gasteiger partial charge >= 0.3 is 5.97 Å². The van der Waals surface area contributed by atoms with Crippen molar-refractivity contribution in [1.82, 2.24) is 4.72 Å². The molecule has 0 bridgehead atoms. The van der Waals surface area contributed by atoms with Crippen molar-refractivity contribution in [2.24, 2.45) is 0 Å². The normalized spacial score (nSPS) is 11.2. The zero-order valence-electron chi connectivity index (χ0n) is 15.6. The lowest BCUT2D eigenvalue weighted by atomic mass is 10.2. The summed E-state index contributed by atoms with van der Waals surface area (Å²) >= 11 is 1.30. The highest BCUT2D eigenvalue weighted by Gasteiger charge is 2.13. The molecule has 0 saturated carbocycles. The van der Waals surface area contributed by atoms with Crippen LogP contribution >= 0.6 is 11.8 Å². The van der Waals surface area contributed by atoms with Crippen molar-refractivity contribution < 1.29 is 27.1 Å². The second-order valence-corrected chi connectivity index (χ2v) is 8.68. The molecule has 0 amide bonds. The van der Waals surface area contributed by atoms with E-state index in [1.54, 1.807) is 37.3 Å². The van der Waals surface area contributed by atoms with Gasteiger partial charge in [0.1, 0.15) is 0 Å². The predicted molar refractivity (Wildman–Crippen MR) is 106 cm³/mol. The van der Waals surface area contributed by atoms with Gasteiger partial charge in [0.25, 0.3) is 0 Å². The van der Waals surface area contributed by atoms with Crippen LogP contribution in [0, 0.1) is 12.7 Å². The van der Waals surface area contributed by atoms with Gasteiger partial charge in [0.05, 0.1) is 11.5 Å². The number of hydrogen-bond acceptors (Lipinski definition) is 6. The lowest BCUT2D eigenvalue weighted by Gasteiger charge is -2.09. The fraction of sp³-hybridized carbons (Fsp3) is 0.316. The number of sulfonamides is 1. The van der Waals surface area contributed by atoms with Crippen molar-refractivity contribution in [1.29, 1.82) is 0 Å². The van der Waals surface area contributed by atoms with Gasteiger partial charge in [0, 0.05) is 17.2 Å². The van der Waals surface area contributed by atoms with E-state index in [0.717, 1.165) is 5.56 Å². The fourth-order valence-electron chi connectivity index (χ4n) is 2.17. The van der Waals surface area contributed by atoms with Crippen LogP contribution in [0.4, 0.5) is 4.39 Å². The van der Waals surface area contributed by atoms with E-state index in [0.29, 0.717) is 10.6 Å². The van der Waals surface area contributed by atoms with Crippen LogP contribution < -0.4 is 9.46 Å². The molecule has 0 atom stereocenters. The van der Waals surface area contributed by atoms with E-state index >= 15 is 0 Å². The van der Waals surface area contributed by atoms with Crippen molar-refractivity contribution in [2.45, 2.75) is 23.6 Å². The Bertz CT molecular complexity index is 901. The molecule has 6 nitrogen and oxygen atoms in total. The number of benzene rings is 2. The van der Waals surface area contributed by atoms with E-state index in [-0.39, 0.29) is 30.4 Å². The van der Waals surface area contributed by atoms with E-state index in [4.69, 9.17) is 9.47 Å². The van der Waals surface area contributed by atoms with E-state index < -0.39 is 21.8 Å². The topological polar surface area (TPSA) is 81.7 Å². The summed E-state index contributed by atoms with van der Waals surface area (Å²) in [5.41, 5.74) is 0.978. The lowest BCUT2D eigenvalue weighted by Crippen LogP contribution is -2.26. The van der Waals surface area contributed by atoms with Crippen molar-refractivity contribution in [3.8, 4) is 5.75 Å². The molecule has 0 spiro atoms. The predicted octanol–water partition coefficient (Wildman–Crippen LogP) is 3.15.